The second-order valence-corrected chi connectivity index (χ2v) is 6.57. The van der Waals surface area contributed by atoms with Crippen LogP contribution >= 0.6 is 0 Å². The number of carbonyl (C=O) groups excluding carboxylic acids is 2. The number of nitrogens with one attached hydrogen (secondary N) is 2. The van der Waals surface area contributed by atoms with Gasteiger partial charge in [-0.15, -0.1) is 0 Å². The molecule has 0 spiro atoms. The van der Waals surface area contributed by atoms with E-state index in [1.165, 1.54) is 0 Å². The summed E-state index contributed by atoms with van der Waals surface area (Å²) in [6, 6.07) is 5.33. The van der Waals surface area contributed by atoms with Gasteiger partial charge >= 0.3 is 6.03 Å². The number of carbonyl (C=O) groups is 2. The third-order valence-electron chi connectivity index (χ3n) is 4.75. The molecule has 0 bridgehead atoms. The maximum absolute atomic E-state index is 12.3. The average Bonchev–Trinajstić information content (AvgIpc) is 3.08. The van der Waals surface area contributed by atoms with Crippen LogP contribution in [0.3, 0.4) is 0 Å². The molecule has 0 saturated carbocycles. The van der Waals surface area contributed by atoms with E-state index in [0.29, 0.717) is 0 Å². The van der Waals surface area contributed by atoms with Gasteiger partial charge in [0, 0.05) is 17.6 Å². The van der Waals surface area contributed by atoms with Gasteiger partial charge in [0.1, 0.15) is 11.5 Å². The molecule has 1 heterocycles. The zero-order valence-electron chi connectivity index (χ0n) is 16.0. The number of rotatable bonds is 7. The number of hydrogen-bond acceptors (Lipinski definition) is 5. The number of ether oxygens (including phenoxy) is 2. The van der Waals surface area contributed by atoms with Gasteiger partial charge in [-0.05, 0) is 50.9 Å². The molecule has 7 nitrogen and oxygen atoms in total. The van der Waals surface area contributed by atoms with Crippen LogP contribution in [0.15, 0.2) is 18.2 Å². The lowest BCUT2D eigenvalue weighted by Crippen LogP contribution is -2.46. The predicted molar refractivity (Wildman–Crippen MR) is 99.5 cm³/mol. The summed E-state index contributed by atoms with van der Waals surface area (Å²) in [5.74, 6) is 1.22. The maximum Gasteiger partial charge on any atom is 0.321 e. The third-order valence-corrected chi connectivity index (χ3v) is 4.75. The second-order valence-electron chi connectivity index (χ2n) is 6.57. The molecule has 1 aliphatic heterocycles. The molecule has 0 aliphatic carbocycles. The minimum absolute atomic E-state index is 0.0309. The normalized spacial score (nSPS) is 18.2. The zero-order chi connectivity index (χ0) is 19.1. The maximum atomic E-state index is 12.3. The smallest absolute Gasteiger partial charge is 0.321 e. The molecule has 144 valence electrons. The molecule has 0 unspecified atom stereocenters. The van der Waals surface area contributed by atoms with Gasteiger partial charge in [-0.25, -0.2) is 4.79 Å². The number of imide groups is 1. The predicted octanol–water partition coefficient (Wildman–Crippen LogP) is 2.46. The Morgan fingerprint density at radius 3 is 2.73 bits per heavy atom. The lowest BCUT2D eigenvalue weighted by Gasteiger charge is -2.26. The van der Waals surface area contributed by atoms with E-state index in [-0.39, 0.29) is 24.5 Å². The lowest BCUT2D eigenvalue weighted by molar-refractivity contribution is -0.121. The Kier molecular flexibility index (Phi) is 7.26. The van der Waals surface area contributed by atoms with Gasteiger partial charge in [-0.1, -0.05) is 6.92 Å². The quantitative estimate of drug-likeness (QED) is 0.778. The van der Waals surface area contributed by atoms with E-state index in [4.69, 9.17) is 9.47 Å². The van der Waals surface area contributed by atoms with Gasteiger partial charge in [0.2, 0.25) is 5.91 Å². The fourth-order valence-electron chi connectivity index (χ4n) is 3.18. The van der Waals surface area contributed by atoms with E-state index in [0.717, 1.165) is 42.9 Å². The minimum atomic E-state index is -0.445. The van der Waals surface area contributed by atoms with Gasteiger partial charge in [-0.3, -0.25) is 15.0 Å². The summed E-state index contributed by atoms with van der Waals surface area (Å²) < 4.78 is 10.8. The highest BCUT2D eigenvalue weighted by Crippen LogP contribution is 2.38. The van der Waals surface area contributed by atoms with Crippen molar-refractivity contribution in [1.29, 1.82) is 0 Å². The van der Waals surface area contributed by atoms with Crippen LogP contribution in [-0.2, 0) is 4.79 Å². The number of likely N-dealkylation sites (tertiary alicyclic amines) is 1. The van der Waals surface area contributed by atoms with Crippen molar-refractivity contribution in [3.63, 3.8) is 0 Å². The van der Waals surface area contributed by atoms with Crippen LogP contribution in [0.2, 0.25) is 0 Å². The molecule has 3 amide bonds. The molecule has 2 atom stereocenters. The average molecular weight is 363 g/mol. The van der Waals surface area contributed by atoms with Crippen molar-refractivity contribution in [2.45, 2.75) is 45.2 Å². The second kappa shape index (κ2) is 9.43. The highest BCUT2D eigenvalue weighted by molar-refractivity contribution is 5.95. The van der Waals surface area contributed by atoms with Crippen LogP contribution in [-0.4, -0.2) is 50.2 Å². The Labute approximate surface area is 155 Å². The summed E-state index contributed by atoms with van der Waals surface area (Å²) >= 11 is 0. The van der Waals surface area contributed by atoms with Crippen LogP contribution in [0.5, 0.6) is 11.5 Å². The summed E-state index contributed by atoms with van der Waals surface area (Å²) in [7, 11) is 3.26. The zero-order valence-corrected chi connectivity index (χ0v) is 16.0. The molecule has 2 N–H and O–H groups in total. The molecule has 1 aliphatic rings. The van der Waals surface area contributed by atoms with Crippen molar-refractivity contribution in [3.05, 3.63) is 23.8 Å². The van der Waals surface area contributed by atoms with Crippen LogP contribution in [0.1, 0.15) is 44.7 Å². The molecule has 1 aromatic rings. The summed E-state index contributed by atoms with van der Waals surface area (Å²) in [5.41, 5.74) is 1.00. The van der Waals surface area contributed by atoms with Crippen LogP contribution in [0.4, 0.5) is 4.79 Å². The number of benzene rings is 1. The summed E-state index contributed by atoms with van der Waals surface area (Å²) in [6.07, 6.45) is 2.72. The summed E-state index contributed by atoms with van der Waals surface area (Å²) in [5, 5.41) is 5.14. The minimum Gasteiger partial charge on any atom is -0.497 e. The number of methoxy groups -OCH3 is 2. The van der Waals surface area contributed by atoms with E-state index in [1.54, 1.807) is 14.2 Å². The van der Waals surface area contributed by atoms with E-state index in [9.17, 15) is 9.59 Å². The third kappa shape index (κ3) is 5.11. The number of hydrogen-bond donors (Lipinski definition) is 2. The Bertz CT molecular complexity index is 635. The first-order chi connectivity index (χ1) is 12.5. The van der Waals surface area contributed by atoms with Crippen molar-refractivity contribution < 1.29 is 19.1 Å². The van der Waals surface area contributed by atoms with E-state index in [2.05, 4.69) is 15.5 Å². The number of amides is 3. The molecule has 2 rings (SSSR count). The molecule has 7 heteroatoms. The first-order valence-electron chi connectivity index (χ1n) is 9.04. The molecule has 0 radical (unpaired) electrons. The highest BCUT2D eigenvalue weighted by Gasteiger charge is 2.30. The van der Waals surface area contributed by atoms with Crippen LogP contribution < -0.4 is 20.1 Å². The molecular formula is C19H29N3O4. The van der Waals surface area contributed by atoms with Crippen molar-refractivity contribution in [2.75, 3.05) is 27.3 Å². The van der Waals surface area contributed by atoms with Gasteiger partial charge in [0.15, 0.2) is 0 Å². The first-order valence-corrected chi connectivity index (χ1v) is 9.04. The van der Waals surface area contributed by atoms with Gasteiger partial charge < -0.3 is 14.8 Å². The monoisotopic (exact) mass is 363 g/mol. The SMILES string of the molecule is CC[C@@H](C)NC(=O)NC(=O)CN1CCC[C@@H]1c1cc(OC)ccc1OC. The Morgan fingerprint density at radius 2 is 2.08 bits per heavy atom. The fraction of sp³-hybridized carbons (Fsp3) is 0.579. The van der Waals surface area contributed by atoms with E-state index >= 15 is 0 Å². The molecule has 1 aromatic carbocycles. The molecule has 26 heavy (non-hydrogen) atoms. The standard InChI is InChI=1S/C19H29N3O4/c1-5-13(2)20-19(24)21-18(23)12-22-10-6-7-16(22)15-11-14(25-3)8-9-17(15)26-4/h8-9,11,13,16H,5-7,10,12H2,1-4H3,(H2,20,21,23,24)/t13-,16-/m1/s1. The van der Waals surface area contributed by atoms with Crippen molar-refractivity contribution in [1.82, 2.24) is 15.5 Å². The van der Waals surface area contributed by atoms with Crippen LogP contribution in [0, 0.1) is 0 Å². The highest BCUT2D eigenvalue weighted by atomic mass is 16.5. The van der Waals surface area contributed by atoms with Crippen molar-refractivity contribution in [3.8, 4) is 11.5 Å². The van der Waals surface area contributed by atoms with Crippen LogP contribution in [0.25, 0.3) is 0 Å². The van der Waals surface area contributed by atoms with E-state index < -0.39 is 6.03 Å². The fourth-order valence-corrected chi connectivity index (χ4v) is 3.18. The molecule has 1 fully saturated rings. The Morgan fingerprint density at radius 1 is 1.31 bits per heavy atom. The number of nitrogens with zero attached hydrogens (tertiary/aromatic N) is 1. The molecule has 0 aromatic heterocycles. The number of urea groups is 1. The van der Waals surface area contributed by atoms with E-state index in [1.807, 2.05) is 32.0 Å². The first kappa shape index (κ1) is 20.0. The lowest BCUT2D eigenvalue weighted by atomic mass is 10.0. The molecule has 1 saturated heterocycles. The Balaban J connectivity index is 2.04. The summed E-state index contributed by atoms with van der Waals surface area (Å²) in [4.78, 5) is 26.2. The van der Waals surface area contributed by atoms with Gasteiger partial charge in [-0.2, -0.15) is 0 Å². The largest absolute Gasteiger partial charge is 0.497 e. The molecular weight excluding hydrogens is 334 g/mol. The Hall–Kier alpha value is -2.28. The topological polar surface area (TPSA) is 79.9 Å². The van der Waals surface area contributed by atoms with Crippen molar-refractivity contribution >= 4 is 11.9 Å². The van der Waals surface area contributed by atoms with Crippen molar-refractivity contribution in [2.24, 2.45) is 0 Å². The summed E-state index contributed by atoms with van der Waals surface area (Å²) in [6.45, 7) is 4.84. The van der Waals surface area contributed by atoms with Gasteiger partial charge in [0.25, 0.3) is 0 Å². The van der Waals surface area contributed by atoms with Gasteiger partial charge in [0.05, 0.1) is 20.8 Å².